The van der Waals surface area contributed by atoms with Crippen LogP contribution >= 0.6 is 0 Å². The van der Waals surface area contributed by atoms with Gasteiger partial charge in [-0.15, -0.1) is 0 Å². The van der Waals surface area contributed by atoms with E-state index in [-0.39, 0.29) is 5.97 Å². The number of imidazole rings is 1. The Bertz CT molecular complexity index is 507. The molecule has 2 heterocycles. The van der Waals surface area contributed by atoms with Gasteiger partial charge in [-0.05, 0) is 19.1 Å². The first-order valence-corrected chi connectivity index (χ1v) is 5.26. The standard InChI is InChI=1S/C12H13N3O2/c1-9(12(16)17-2)15-8-7-14-11(15)10-5-3-4-6-13-10/h3-9H,1-2H3. The number of ether oxygens (including phenoxy) is 1. The lowest BCUT2D eigenvalue weighted by molar-refractivity contribution is -0.143. The number of rotatable bonds is 3. The highest BCUT2D eigenvalue weighted by Crippen LogP contribution is 2.19. The SMILES string of the molecule is COC(=O)C(C)n1ccnc1-c1ccccn1. The summed E-state index contributed by atoms with van der Waals surface area (Å²) in [5.41, 5.74) is 0.730. The van der Waals surface area contributed by atoms with Crippen LogP contribution in [0.3, 0.4) is 0 Å². The highest BCUT2D eigenvalue weighted by atomic mass is 16.5. The Morgan fingerprint density at radius 2 is 2.18 bits per heavy atom. The average Bonchev–Trinajstić information content (AvgIpc) is 2.87. The zero-order chi connectivity index (χ0) is 12.3. The van der Waals surface area contributed by atoms with Crippen molar-refractivity contribution in [2.45, 2.75) is 13.0 Å². The molecule has 0 radical (unpaired) electrons. The topological polar surface area (TPSA) is 57.0 Å². The van der Waals surface area contributed by atoms with Crippen molar-refractivity contribution in [1.82, 2.24) is 14.5 Å². The number of carbonyl (C=O) groups is 1. The molecule has 0 aliphatic heterocycles. The van der Waals surface area contributed by atoms with Gasteiger partial charge in [-0.25, -0.2) is 9.78 Å². The van der Waals surface area contributed by atoms with Gasteiger partial charge in [0.2, 0.25) is 0 Å². The number of hydrogen-bond acceptors (Lipinski definition) is 4. The lowest BCUT2D eigenvalue weighted by atomic mass is 10.3. The minimum absolute atomic E-state index is 0.305. The van der Waals surface area contributed by atoms with Crippen LogP contribution in [-0.4, -0.2) is 27.6 Å². The molecular formula is C12H13N3O2. The molecule has 0 bridgehead atoms. The van der Waals surface area contributed by atoms with Crippen LogP contribution in [-0.2, 0) is 9.53 Å². The molecule has 0 fully saturated rings. The second-order valence-corrected chi connectivity index (χ2v) is 3.57. The van der Waals surface area contributed by atoms with Crippen molar-refractivity contribution in [2.24, 2.45) is 0 Å². The number of hydrogen-bond donors (Lipinski definition) is 0. The predicted octanol–water partition coefficient (Wildman–Crippen LogP) is 1.68. The minimum Gasteiger partial charge on any atom is -0.467 e. The Kier molecular flexibility index (Phi) is 3.18. The van der Waals surface area contributed by atoms with Gasteiger partial charge in [0.1, 0.15) is 11.7 Å². The van der Waals surface area contributed by atoms with Crippen LogP contribution in [0.15, 0.2) is 36.8 Å². The first kappa shape index (κ1) is 11.3. The van der Waals surface area contributed by atoms with Gasteiger partial charge in [0.05, 0.1) is 7.11 Å². The lowest BCUT2D eigenvalue weighted by Crippen LogP contribution is -2.18. The normalized spacial score (nSPS) is 12.1. The Morgan fingerprint density at radius 1 is 1.35 bits per heavy atom. The van der Waals surface area contributed by atoms with E-state index in [0.717, 1.165) is 5.69 Å². The van der Waals surface area contributed by atoms with Gasteiger partial charge in [-0.2, -0.15) is 0 Å². The van der Waals surface area contributed by atoms with Crippen LogP contribution in [0.25, 0.3) is 11.5 Å². The zero-order valence-electron chi connectivity index (χ0n) is 9.70. The van der Waals surface area contributed by atoms with Gasteiger partial charge in [0.15, 0.2) is 5.82 Å². The predicted molar refractivity (Wildman–Crippen MR) is 62.2 cm³/mol. The average molecular weight is 231 g/mol. The molecule has 88 valence electrons. The maximum absolute atomic E-state index is 11.5. The molecule has 2 aromatic rings. The van der Waals surface area contributed by atoms with Crippen molar-refractivity contribution in [2.75, 3.05) is 7.11 Å². The van der Waals surface area contributed by atoms with Crippen molar-refractivity contribution >= 4 is 5.97 Å². The number of aromatic nitrogens is 3. The number of esters is 1. The molecule has 2 rings (SSSR count). The van der Waals surface area contributed by atoms with E-state index in [1.165, 1.54) is 7.11 Å². The van der Waals surface area contributed by atoms with Crippen molar-refractivity contribution < 1.29 is 9.53 Å². The van der Waals surface area contributed by atoms with Crippen LogP contribution in [0.2, 0.25) is 0 Å². The Morgan fingerprint density at radius 3 is 2.82 bits per heavy atom. The van der Waals surface area contributed by atoms with E-state index in [1.54, 1.807) is 30.1 Å². The minimum atomic E-state index is -0.417. The molecule has 1 unspecified atom stereocenters. The van der Waals surface area contributed by atoms with Gasteiger partial charge in [-0.3, -0.25) is 4.98 Å². The van der Waals surface area contributed by atoms with E-state index >= 15 is 0 Å². The highest BCUT2D eigenvalue weighted by Gasteiger charge is 2.19. The molecule has 2 aromatic heterocycles. The third-order valence-electron chi connectivity index (χ3n) is 2.52. The second kappa shape index (κ2) is 4.78. The molecule has 0 aromatic carbocycles. The van der Waals surface area contributed by atoms with Crippen molar-refractivity contribution in [3.8, 4) is 11.5 Å². The summed E-state index contributed by atoms with van der Waals surface area (Å²) in [5, 5.41) is 0. The molecule has 5 nitrogen and oxygen atoms in total. The molecule has 0 aliphatic carbocycles. The van der Waals surface area contributed by atoms with E-state index in [1.807, 2.05) is 18.2 Å². The van der Waals surface area contributed by atoms with Gasteiger partial charge in [-0.1, -0.05) is 6.07 Å². The van der Waals surface area contributed by atoms with Crippen LogP contribution < -0.4 is 0 Å². The van der Waals surface area contributed by atoms with E-state index < -0.39 is 6.04 Å². The van der Waals surface area contributed by atoms with Crippen molar-refractivity contribution in [3.63, 3.8) is 0 Å². The third kappa shape index (κ3) is 2.18. The second-order valence-electron chi connectivity index (χ2n) is 3.57. The summed E-state index contributed by atoms with van der Waals surface area (Å²) in [4.78, 5) is 19.9. The fraction of sp³-hybridized carbons (Fsp3) is 0.250. The summed E-state index contributed by atoms with van der Waals surface area (Å²) in [7, 11) is 1.37. The number of carbonyl (C=O) groups excluding carboxylic acids is 1. The maximum Gasteiger partial charge on any atom is 0.328 e. The van der Waals surface area contributed by atoms with Crippen LogP contribution in [0.5, 0.6) is 0 Å². The molecule has 5 heteroatoms. The van der Waals surface area contributed by atoms with Gasteiger partial charge in [0.25, 0.3) is 0 Å². The molecule has 0 aliphatic rings. The largest absolute Gasteiger partial charge is 0.467 e. The van der Waals surface area contributed by atoms with Crippen molar-refractivity contribution in [1.29, 1.82) is 0 Å². The molecule has 0 saturated heterocycles. The summed E-state index contributed by atoms with van der Waals surface area (Å²) < 4.78 is 6.46. The number of nitrogens with zero attached hydrogens (tertiary/aromatic N) is 3. The summed E-state index contributed by atoms with van der Waals surface area (Å²) in [6.45, 7) is 1.76. The Balaban J connectivity index is 2.39. The summed E-state index contributed by atoms with van der Waals surface area (Å²) in [5.74, 6) is 0.351. The van der Waals surface area contributed by atoms with Gasteiger partial charge >= 0.3 is 5.97 Å². The first-order valence-electron chi connectivity index (χ1n) is 5.26. The van der Waals surface area contributed by atoms with Crippen LogP contribution in [0, 0.1) is 0 Å². The zero-order valence-corrected chi connectivity index (χ0v) is 9.70. The van der Waals surface area contributed by atoms with Crippen LogP contribution in [0.4, 0.5) is 0 Å². The Labute approximate surface area is 99.1 Å². The smallest absolute Gasteiger partial charge is 0.328 e. The van der Waals surface area contributed by atoms with E-state index in [9.17, 15) is 4.79 Å². The fourth-order valence-corrected chi connectivity index (χ4v) is 1.60. The van der Waals surface area contributed by atoms with Gasteiger partial charge in [0, 0.05) is 18.6 Å². The Hall–Kier alpha value is -2.17. The fourth-order valence-electron chi connectivity index (χ4n) is 1.60. The van der Waals surface area contributed by atoms with Crippen molar-refractivity contribution in [3.05, 3.63) is 36.8 Å². The maximum atomic E-state index is 11.5. The van der Waals surface area contributed by atoms with E-state index in [2.05, 4.69) is 9.97 Å². The molecule has 0 spiro atoms. The first-order chi connectivity index (χ1) is 8.24. The summed E-state index contributed by atoms with van der Waals surface area (Å²) in [6.07, 6.45) is 5.08. The summed E-state index contributed by atoms with van der Waals surface area (Å²) in [6, 6.07) is 5.15. The van der Waals surface area contributed by atoms with E-state index in [0.29, 0.717) is 5.82 Å². The highest BCUT2D eigenvalue weighted by molar-refractivity contribution is 5.74. The monoisotopic (exact) mass is 231 g/mol. The molecule has 0 saturated carbocycles. The molecule has 1 atom stereocenters. The summed E-state index contributed by atoms with van der Waals surface area (Å²) >= 11 is 0. The number of methoxy groups -OCH3 is 1. The third-order valence-corrected chi connectivity index (χ3v) is 2.52. The van der Waals surface area contributed by atoms with Gasteiger partial charge < -0.3 is 9.30 Å². The quantitative estimate of drug-likeness (QED) is 0.754. The molecule has 0 N–H and O–H groups in total. The van der Waals surface area contributed by atoms with E-state index in [4.69, 9.17) is 4.74 Å². The lowest BCUT2D eigenvalue weighted by Gasteiger charge is -2.13. The molecule has 17 heavy (non-hydrogen) atoms. The number of pyridine rings is 1. The molecule has 0 amide bonds. The molecular weight excluding hydrogens is 218 g/mol. The van der Waals surface area contributed by atoms with Crippen LogP contribution in [0.1, 0.15) is 13.0 Å².